The molecule has 1 aromatic heterocycles. The highest BCUT2D eigenvalue weighted by atomic mass is 32.2. The quantitative estimate of drug-likeness (QED) is 0.449. The molecule has 3 rings (SSSR count). The first-order chi connectivity index (χ1) is 14.5. The number of aryl methyl sites for hydroxylation is 2. The van der Waals surface area contributed by atoms with Crippen LogP contribution in [0.2, 0.25) is 0 Å². The zero-order chi connectivity index (χ0) is 21.5. The minimum Gasteiger partial charge on any atom is -0.452 e. The Morgan fingerprint density at radius 1 is 1.17 bits per heavy atom. The molecule has 0 aliphatic carbocycles. The first kappa shape index (κ1) is 21.1. The average Bonchev–Trinajstić information content (AvgIpc) is 3.08. The zero-order valence-electron chi connectivity index (χ0n) is 16.5. The third kappa shape index (κ3) is 5.27. The van der Waals surface area contributed by atoms with E-state index in [1.54, 1.807) is 36.4 Å². The minimum absolute atomic E-state index is 0.389. The van der Waals surface area contributed by atoms with E-state index in [2.05, 4.69) is 10.5 Å². The van der Waals surface area contributed by atoms with E-state index in [0.717, 1.165) is 21.9 Å². The molecule has 2 aromatic carbocycles. The van der Waals surface area contributed by atoms with Crippen LogP contribution in [-0.4, -0.2) is 23.6 Å². The predicted molar refractivity (Wildman–Crippen MR) is 112 cm³/mol. The van der Waals surface area contributed by atoms with Crippen LogP contribution in [0, 0.1) is 25.2 Å². The smallest absolute Gasteiger partial charge is 0.339 e. The number of nitriles is 1. The number of nitrogens with zero attached hydrogens (tertiary/aromatic N) is 2. The number of hydrogen-bond donors (Lipinski definition) is 1. The van der Waals surface area contributed by atoms with Gasteiger partial charge in [0.25, 0.3) is 5.91 Å². The molecule has 0 saturated carbocycles. The number of hydrogen-bond acceptors (Lipinski definition) is 7. The number of thioether (sulfide) groups is 1. The lowest BCUT2D eigenvalue weighted by molar-refractivity contribution is -0.119. The van der Waals surface area contributed by atoms with E-state index in [4.69, 9.17) is 14.5 Å². The number of benzene rings is 2. The van der Waals surface area contributed by atoms with Crippen molar-refractivity contribution in [2.45, 2.75) is 24.5 Å². The summed E-state index contributed by atoms with van der Waals surface area (Å²) in [4.78, 5) is 25.3. The molecule has 0 fully saturated rings. The second-order valence-electron chi connectivity index (χ2n) is 6.40. The molecule has 0 radical (unpaired) electrons. The zero-order valence-corrected chi connectivity index (χ0v) is 17.3. The van der Waals surface area contributed by atoms with Crippen molar-refractivity contribution in [1.29, 1.82) is 5.26 Å². The Morgan fingerprint density at radius 2 is 1.90 bits per heavy atom. The molecule has 0 aliphatic heterocycles. The fourth-order valence-electron chi connectivity index (χ4n) is 2.65. The van der Waals surface area contributed by atoms with Crippen LogP contribution in [0.25, 0.3) is 0 Å². The maximum atomic E-state index is 12.5. The number of carbonyl (C=O) groups is 2. The molecule has 3 aromatic rings. The molecule has 0 aliphatic rings. The Balaban J connectivity index is 1.58. The summed E-state index contributed by atoms with van der Waals surface area (Å²) in [6.45, 7) is 3.31. The van der Waals surface area contributed by atoms with Crippen molar-refractivity contribution in [2.75, 3.05) is 11.9 Å². The summed E-state index contributed by atoms with van der Waals surface area (Å²) in [7, 11) is 0. The molecule has 0 atom stereocenters. The topological polar surface area (TPSA) is 105 Å². The van der Waals surface area contributed by atoms with Crippen molar-refractivity contribution in [3.63, 3.8) is 0 Å². The van der Waals surface area contributed by atoms with Gasteiger partial charge in [-0.1, -0.05) is 17.3 Å². The minimum atomic E-state index is -0.577. The van der Waals surface area contributed by atoms with Crippen LogP contribution in [0.4, 0.5) is 5.69 Å². The molecule has 30 heavy (non-hydrogen) atoms. The van der Waals surface area contributed by atoms with Crippen LogP contribution >= 0.6 is 11.8 Å². The number of anilines is 1. The number of carbonyl (C=O) groups excluding carboxylic acids is 2. The fraction of sp³-hybridized carbons (Fsp3) is 0.182. The molecule has 0 unspecified atom stereocenters. The van der Waals surface area contributed by atoms with E-state index in [1.807, 2.05) is 32.0 Å². The summed E-state index contributed by atoms with van der Waals surface area (Å²) in [6, 6.07) is 15.5. The Kier molecular flexibility index (Phi) is 6.88. The third-order valence-electron chi connectivity index (χ3n) is 4.29. The van der Waals surface area contributed by atoms with E-state index in [9.17, 15) is 9.59 Å². The van der Waals surface area contributed by atoms with Gasteiger partial charge < -0.3 is 14.6 Å². The summed E-state index contributed by atoms with van der Waals surface area (Å²) in [5, 5.41) is 15.4. The highest BCUT2D eigenvalue weighted by Gasteiger charge is 2.16. The first-order valence-corrected chi connectivity index (χ1v) is 10.1. The number of ether oxygens (including phenoxy) is 1. The molecule has 1 N–H and O–H groups in total. The van der Waals surface area contributed by atoms with Gasteiger partial charge >= 0.3 is 5.97 Å². The lowest BCUT2D eigenvalue weighted by Gasteiger charge is -2.10. The second kappa shape index (κ2) is 9.76. The summed E-state index contributed by atoms with van der Waals surface area (Å²) in [6.07, 6.45) is 0. The number of esters is 1. The number of rotatable bonds is 7. The number of aromatic nitrogens is 1. The van der Waals surface area contributed by atoms with Gasteiger partial charge in [0.2, 0.25) is 0 Å². The van der Waals surface area contributed by atoms with Gasteiger partial charge in [-0.2, -0.15) is 5.26 Å². The van der Waals surface area contributed by atoms with Crippen molar-refractivity contribution in [3.8, 4) is 6.07 Å². The standard InChI is InChI=1S/C22H19N3O4S/c1-14-19(15(2)29-25-14)13-30-20-6-4-3-5-18(20)22(27)28-12-21(26)24-17-9-7-16(11-23)8-10-17/h3-10H,12-13H2,1-2H3,(H,24,26). The maximum Gasteiger partial charge on any atom is 0.339 e. The monoisotopic (exact) mass is 421 g/mol. The van der Waals surface area contributed by atoms with Gasteiger partial charge in [0.15, 0.2) is 6.61 Å². The highest BCUT2D eigenvalue weighted by Crippen LogP contribution is 2.29. The summed E-state index contributed by atoms with van der Waals surface area (Å²) < 4.78 is 10.4. The Labute approximate surface area is 178 Å². The number of nitrogens with one attached hydrogen (secondary N) is 1. The molecule has 1 heterocycles. The van der Waals surface area contributed by atoms with Crippen LogP contribution in [0.5, 0.6) is 0 Å². The van der Waals surface area contributed by atoms with Crippen molar-refractivity contribution in [1.82, 2.24) is 5.16 Å². The summed E-state index contributed by atoms with van der Waals surface area (Å²) >= 11 is 1.47. The van der Waals surface area contributed by atoms with Crippen LogP contribution in [0.15, 0.2) is 57.9 Å². The lowest BCUT2D eigenvalue weighted by Crippen LogP contribution is -2.21. The van der Waals surface area contributed by atoms with Crippen LogP contribution in [0.3, 0.4) is 0 Å². The molecule has 0 saturated heterocycles. The molecule has 1 amide bonds. The molecule has 0 spiro atoms. The van der Waals surface area contributed by atoms with Crippen LogP contribution in [-0.2, 0) is 15.3 Å². The first-order valence-electron chi connectivity index (χ1n) is 9.08. The van der Waals surface area contributed by atoms with E-state index in [0.29, 0.717) is 22.6 Å². The summed E-state index contributed by atoms with van der Waals surface area (Å²) in [5.41, 5.74) is 3.21. The van der Waals surface area contributed by atoms with Gasteiger partial charge in [-0.25, -0.2) is 4.79 Å². The van der Waals surface area contributed by atoms with E-state index >= 15 is 0 Å². The normalized spacial score (nSPS) is 10.3. The molecule has 8 heteroatoms. The Bertz CT molecular complexity index is 1080. The Hall–Kier alpha value is -3.57. The molecular formula is C22H19N3O4S. The van der Waals surface area contributed by atoms with Gasteiger partial charge in [0.1, 0.15) is 5.76 Å². The van der Waals surface area contributed by atoms with Gasteiger partial charge in [-0.15, -0.1) is 11.8 Å². The SMILES string of the molecule is Cc1noc(C)c1CSc1ccccc1C(=O)OCC(=O)Nc1ccc(C#N)cc1. The molecule has 152 valence electrons. The molecule has 7 nitrogen and oxygen atoms in total. The lowest BCUT2D eigenvalue weighted by atomic mass is 10.2. The van der Waals surface area contributed by atoms with E-state index in [-0.39, 0.29) is 0 Å². The van der Waals surface area contributed by atoms with Crippen LogP contribution < -0.4 is 5.32 Å². The molecule has 0 bridgehead atoms. The van der Waals surface area contributed by atoms with Gasteiger partial charge in [-0.05, 0) is 50.2 Å². The van der Waals surface area contributed by atoms with Crippen molar-refractivity contribution in [2.24, 2.45) is 0 Å². The van der Waals surface area contributed by atoms with Crippen LogP contribution in [0.1, 0.15) is 32.9 Å². The Morgan fingerprint density at radius 3 is 2.57 bits per heavy atom. The van der Waals surface area contributed by atoms with E-state index in [1.165, 1.54) is 11.8 Å². The largest absolute Gasteiger partial charge is 0.452 e. The summed E-state index contributed by atoms with van der Waals surface area (Å²) in [5.74, 6) is 0.310. The fourth-order valence-corrected chi connectivity index (χ4v) is 3.85. The van der Waals surface area contributed by atoms with Crippen molar-refractivity contribution >= 4 is 29.3 Å². The average molecular weight is 421 g/mol. The van der Waals surface area contributed by atoms with Gasteiger partial charge in [0, 0.05) is 21.9 Å². The van der Waals surface area contributed by atoms with Gasteiger partial charge in [-0.3, -0.25) is 4.79 Å². The van der Waals surface area contributed by atoms with Gasteiger partial charge in [0.05, 0.1) is 22.9 Å². The van der Waals surface area contributed by atoms with Crippen molar-refractivity contribution in [3.05, 3.63) is 76.7 Å². The predicted octanol–water partition coefficient (Wildman–Crippen LogP) is 4.25. The number of amides is 1. The second-order valence-corrected chi connectivity index (χ2v) is 7.42. The third-order valence-corrected chi connectivity index (χ3v) is 5.39. The molecular weight excluding hydrogens is 402 g/mol. The van der Waals surface area contributed by atoms with Crippen molar-refractivity contribution < 1.29 is 18.8 Å². The van der Waals surface area contributed by atoms with E-state index < -0.39 is 18.5 Å². The maximum absolute atomic E-state index is 12.5. The highest BCUT2D eigenvalue weighted by molar-refractivity contribution is 7.98.